The molecular formula is C6H10F2O4. The lowest BCUT2D eigenvalue weighted by Crippen LogP contribution is -2.55. The van der Waals surface area contributed by atoms with E-state index in [9.17, 15) is 8.78 Å². The van der Waals surface area contributed by atoms with Gasteiger partial charge in [-0.05, 0) is 0 Å². The lowest BCUT2D eigenvalue weighted by Gasteiger charge is -2.34. The minimum atomic E-state index is -2.16. The van der Waals surface area contributed by atoms with E-state index in [0.29, 0.717) is 0 Å². The van der Waals surface area contributed by atoms with Crippen LogP contribution in [-0.4, -0.2) is 52.8 Å². The van der Waals surface area contributed by atoms with Gasteiger partial charge in [0, 0.05) is 0 Å². The highest BCUT2D eigenvalue weighted by Crippen LogP contribution is 2.23. The van der Waals surface area contributed by atoms with Gasteiger partial charge in [-0.15, -0.1) is 0 Å². The van der Waals surface area contributed by atoms with Gasteiger partial charge in [0.25, 0.3) is 0 Å². The number of ether oxygens (including phenoxy) is 1. The van der Waals surface area contributed by atoms with Gasteiger partial charge in [-0.25, -0.2) is 8.78 Å². The summed E-state index contributed by atoms with van der Waals surface area (Å²) in [5.74, 6) is 0. The van der Waals surface area contributed by atoms with Crippen molar-refractivity contribution in [3.05, 3.63) is 0 Å². The summed E-state index contributed by atoms with van der Waals surface area (Å²) in [6.07, 6.45) is -9.34. The first-order valence-electron chi connectivity index (χ1n) is 3.48. The second-order valence-electron chi connectivity index (χ2n) is 2.63. The summed E-state index contributed by atoms with van der Waals surface area (Å²) in [5, 5.41) is 26.0. The highest BCUT2D eigenvalue weighted by atomic mass is 19.1. The zero-order valence-corrected chi connectivity index (χ0v) is 6.10. The van der Waals surface area contributed by atoms with Crippen LogP contribution in [0.3, 0.4) is 0 Å². The fourth-order valence-electron chi connectivity index (χ4n) is 1.04. The molecule has 0 saturated carbocycles. The maximum absolute atomic E-state index is 12.8. The van der Waals surface area contributed by atoms with Gasteiger partial charge in [0.1, 0.15) is 12.2 Å². The predicted molar refractivity (Wildman–Crippen MR) is 33.8 cm³/mol. The summed E-state index contributed by atoms with van der Waals surface area (Å²) >= 11 is 0. The summed E-state index contributed by atoms with van der Waals surface area (Å²) in [7, 11) is 0. The Kier molecular flexibility index (Phi) is 2.94. The van der Waals surface area contributed by atoms with Gasteiger partial charge in [0.15, 0.2) is 18.6 Å². The van der Waals surface area contributed by atoms with E-state index in [2.05, 4.69) is 4.74 Å². The Morgan fingerprint density at radius 1 is 1.17 bits per heavy atom. The lowest BCUT2D eigenvalue weighted by atomic mass is 10.0. The van der Waals surface area contributed by atoms with E-state index >= 15 is 0 Å². The standard InChI is InChI=1S/C6H10F2O4/c7-3-2(1-9)12-6(11)4(8)5(3)10/h2-6,9-11H,1H2/t2-,3+,4-,5+,6?/m1/s1. The van der Waals surface area contributed by atoms with Crippen LogP contribution in [0.15, 0.2) is 0 Å². The molecule has 1 unspecified atom stereocenters. The molecule has 0 radical (unpaired) electrons. The molecule has 1 fully saturated rings. The SMILES string of the molecule is OC[C@H]1OC(O)[C@H](F)[C@@H](O)[C@H]1F. The molecule has 0 aromatic carbocycles. The van der Waals surface area contributed by atoms with Crippen molar-refractivity contribution in [1.82, 2.24) is 0 Å². The third-order valence-electron chi connectivity index (χ3n) is 1.77. The van der Waals surface area contributed by atoms with E-state index in [1.54, 1.807) is 0 Å². The van der Waals surface area contributed by atoms with Crippen molar-refractivity contribution in [1.29, 1.82) is 0 Å². The Labute approximate surface area is 67.4 Å². The van der Waals surface area contributed by atoms with Crippen LogP contribution in [0, 0.1) is 0 Å². The molecule has 0 spiro atoms. The topological polar surface area (TPSA) is 69.9 Å². The molecule has 4 nitrogen and oxygen atoms in total. The number of hydrogen-bond acceptors (Lipinski definition) is 4. The largest absolute Gasteiger partial charge is 0.394 e. The van der Waals surface area contributed by atoms with Crippen LogP contribution in [-0.2, 0) is 4.74 Å². The van der Waals surface area contributed by atoms with Crippen LogP contribution in [0.25, 0.3) is 0 Å². The fraction of sp³-hybridized carbons (Fsp3) is 1.00. The van der Waals surface area contributed by atoms with Crippen LogP contribution in [0.2, 0.25) is 0 Å². The molecule has 6 heteroatoms. The Bertz CT molecular complexity index is 152. The van der Waals surface area contributed by atoms with E-state index in [1.165, 1.54) is 0 Å². The molecule has 1 aliphatic heterocycles. The number of aliphatic hydroxyl groups is 3. The van der Waals surface area contributed by atoms with Crippen LogP contribution < -0.4 is 0 Å². The highest BCUT2D eigenvalue weighted by molar-refractivity contribution is 4.88. The third kappa shape index (κ3) is 1.56. The van der Waals surface area contributed by atoms with Crippen molar-refractivity contribution in [2.75, 3.05) is 6.61 Å². The third-order valence-corrected chi connectivity index (χ3v) is 1.77. The molecule has 0 aromatic heterocycles. The maximum atomic E-state index is 12.8. The molecule has 0 aliphatic carbocycles. The number of hydrogen-bond donors (Lipinski definition) is 3. The van der Waals surface area contributed by atoms with E-state index in [4.69, 9.17) is 15.3 Å². The van der Waals surface area contributed by atoms with Crippen LogP contribution in [0.4, 0.5) is 8.78 Å². The van der Waals surface area contributed by atoms with Gasteiger partial charge in [0.2, 0.25) is 0 Å². The zero-order chi connectivity index (χ0) is 9.30. The Morgan fingerprint density at radius 2 is 1.75 bits per heavy atom. The maximum Gasteiger partial charge on any atom is 0.189 e. The number of alkyl halides is 2. The van der Waals surface area contributed by atoms with Gasteiger partial charge in [-0.1, -0.05) is 0 Å². The summed E-state index contributed by atoms with van der Waals surface area (Å²) in [6.45, 7) is -0.706. The molecule has 72 valence electrons. The molecule has 0 amide bonds. The summed E-state index contributed by atoms with van der Waals surface area (Å²) in [5.41, 5.74) is 0. The van der Waals surface area contributed by atoms with Gasteiger partial charge < -0.3 is 20.1 Å². The molecule has 0 bridgehead atoms. The van der Waals surface area contributed by atoms with E-state index in [0.717, 1.165) is 0 Å². The van der Waals surface area contributed by atoms with Gasteiger partial charge in [-0.3, -0.25) is 0 Å². The minimum absolute atomic E-state index is 0.706. The van der Waals surface area contributed by atoms with Crippen molar-refractivity contribution < 1.29 is 28.8 Å². The van der Waals surface area contributed by atoms with Gasteiger partial charge in [-0.2, -0.15) is 0 Å². The van der Waals surface area contributed by atoms with Crippen molar-refractivity contribution >= 4 is 0 Å². The van der Waals surface area contributed by atoms with Crippen LogP contribution in [0.1, 0.15) is 0 Å². The number of rotatable bonds is 1. The second kappa shape index (κ2) is 3.61. The normalized spacial score (nSPS) is 49.2. The fourth-order valence-corrected chi connectivity index (χ4v) is 1.04. The van der Waals surface area contributed by atoms with Crippen LogP contribution in [0.5, 0.6) is 0 Å². The Morgan fingerprint density at radius 3 is 2.25 bits per heavy atom. The first-order valence-corrected chi connectivity index (χ1v) is 3.48. The first kappa shape index (κ1) is 9.79. The van der Waals surface area contributed by atoms with Crippen molar-refractivity contribution in [2.45, 2.75) is 30.8 Å². The van der Waals surface area contributed by atoms with Crippen LogP contribution >= 0.6 is 0 Å². The quantitative estimate of drug-likeness (QED) is 0.475. The summed E-state index contributed by atoms with van der Waals surface area (Å²) < 4.78 is 29.7. The molecule has 1 saturated heterocycles. The lowest BCUT2D eigenvalue weighted by molar-refractivity contribution is -0.258. The van der Waals surface area contributed by atoms with Crippen molar-refractivity contribution in [2.24, 2.45) is 0 Å². The zero-order valence-electron chi connectivity index (χ0n) is 6.10. The average molecular weight is 184 g/mol. The Hall–Kier alpha value is -0.300. The molecule has 0 aromatic rings. The van der Waals surface area contributed by atoms with Gasteiger partial charge >= 0.3 is 0 Å². The molecule has 1 aliphatic rings. The molecule has 1 heterocycles. The molecule has 1 rings (SSSR count). The first-order chi connectivity index (χ1) is 5.57. The van der Waals surface area contributed by atoms with Gasteiger partial charge in [0.05, 0.1) is 6.61 Å². The Balaban J connectivity index is 2.63. The smallest absolute Gasteiger partial charge is 0.189 e. The predicted octanol–water partition coefficient (Wildman–Crippen LogP) is -1.27. The minimum Gasteiger partial charge on any atom is -0.394 e. The summed E-state index contributed by atoms with van der Waals surface area (Å²) in [4.78, 5) is 0. The molecule has 5 atom stereocenters. The van der Waals surface area contributed by atoms with E-state index in [1.807, 2.05) is 0 Å². The van der Waals surface area contributed by atoms with Crippen molar-refractivity contribution in [3.63, 3.8) is 0 Å². The van der Waals surface area contributed by atoms with E-state index in [-0.39, 0.29) is 0 Å². The second-order valence-corrected chi connectivity index (χ2v) is 2.63. The molecule has 12 heavy (non-hydrogen) atoms. The monoisotopic (exact) mass is 184 g/mol. The van der Waals surface area contributed by atoms with E-state index < -0.39 is 37.4 Å². The molecular weight excluding hydrogens is 174 g/mol. The summed E-state index contributed by atoms with van der Waals surface area (Å²) in [6, 6.07) is 0. The highest BCUT2D eigenvalue weighted by Gasteiger charge is 2.45. The average Bonchev–Trinajstić information content (AvgIpc) is 2.08. The van der Waals surface area contributed by atoms with Crippen molar-refractivity contribution in [3.8, 4) is 0 Å². The molecule has 3 N–H and O–H groups in total. The number of aliphatic hydroxyl groups excluding tert-OH is 3. The number of halogens is 2.